The van der Waals surface area contributed by atoms with Crippen LogP contribution in [-0.2, 0) is 0 Å². The molecule has 0 bridgehead atoms. The summed E-state index contributed by atoms with van der Waals surface area (Å²) in [5, 5.41) is 13.0. The lowest BCUT2D eigenvalue weighted by Crippen LogP contribution is -2.01. The second-order valence-electron chi connectivity index (χ2n) is 3.61. The zero-order chi connectivity index (χ0) is 12.4. The molecule has 2 rings (SSSR count). The summed E-state index contributed by atoms with van der Waals surface area (Å²) in [5.74, 6) is -0.998. The SMILES string of the molecule is CSc1ccc(-n2cc(C)c(C(=O)O)n2)cc1. The van der Waals surface area contributed by atoms with Gasteiger partial charge in [0.25, 0.3) is 0 Å². The fraction of sp³-hybridized carbons (Fsp3) is 0.167. The van der Waals surface area contributed by atoms with Crippen LogP contribution < -0.4 is 0 Å². The highest BCUT2D eigenvalue weighted by atomic mass is 32.2. The van der Waals surface area contributed by atoms with Crippen LogP contribution >= 0.6 is 11.8 Å². The number of rotatable bonds is 3. The van der Waals surface area contributed by atoms with Crippen molar-refractivity contribution in [1.82, 2.24) is 9.78 Å². The third-order valence-electron chi connectivity index (χ3n) is 2.44. The van der Waals surface area contributed by atoms with Crippen molar-refractivity contribution < 1.29 is 9.90 Å². The predicted octanol–water partition coefficient (Wildman–Crippen LogP) is 2.60. The normalized spacial score (nSPS) is 10.5. The minimum atomic E-state index is -0.998. The molecule has 88 valence electrons. The van der Waals surface area contributed by atoms with Gasteiger partial charge in [0.15, 0.2) is 5.69 Å². The number of hydrogen-bond donors (Lipinski definition) is 1. The van der Waals surface area contributed by atoms with Crippen LogP contribution in [0.2, 0.25) is 0 Å². The summed E-state index contributed by atoms with van der Waals surface area (Å²) in [4.78, 5) is 12.1. The Morgan fingerprint density at radius 1 is 1.35 bits per heavy atom. The van der Waals surface area contributed by atoms with Gasteiger partial charge in [-0.05, 0) is 37.4 Å². The molecule has 0 aliphatic heterocycles. The molecule has 0 unspecified atom stereocenters. The van der Waals surface area contributed by atoms with Gasteiger partial charge in [0.1, 0.15) is 0 Å². The van der Waals surface area contributed by atoms with Gasteiger partial charge in [-0.1, -0.05) is 0 Å². The molecule has 0 fully saturated rings. The molecule has 0 saturated heterocycles. The van der Waals surface area contributed by atoms with Crippen molar-refractivity contribution in [2.75, 3.05) is 6.26 Å². The molecule has 1 aromatic heterocycles. The third kappa shape index (κ3) is 2.34. The lowest BCUT2D eigenvalue weighted by atomic mass is 10.3. The predicted molar refractivity (Wildman–Crippen MR) is 67.0 cm³/mol. The maximum Gasteiger partial charge on any atom is 0.356 e. The molecule has 0 amide bonds. The van der Waals surface area contributed by atoms with Crippen molar-refractivity contribution in [2.24, 2.45) is 0 Å². The molecule has 1 heterocycles. The Morgan fingerprint density at radius 2 is 2.00 bits per heavy atom. The quantitative estimate of drug-likeness (QED) is 0.848. The van der Waals surface area contributed by atoms with E-state index in [0.717, 1.165) is 10.6 Å². The number of aryl methyl sites for hydroxylation is 1. The number of carboxylic acids is 1. The van der Waals surface area contributed by atoms with Gasteiger partial charge < -0.3 is 5.11 Å². The summed E-state index contributed by atoms with van der Waals surface area (Å²) in [6.45, 7) is 1.74. The average molecular weight is 248 g/mol. The molecule has 0 saturated carbocycles. The van der Waals surface area contributed by atoms with E-state index in [1.165, 1.54) is 0 Å². The third-order valence-corrected chi connectivity index (χ3v) is 3.18. The van der Waals surface area contributed by atoms with Crippen molar-refractivity contribution in [1.29, 1.82) is 0 Å². The second kappa shape index (κ2) is 4.63. The van der Waals surface area contributed by atoms with Crippen molar-refractivity contribution in [2.45, 2.75) is 11.8 Å². The van der Waals surface area contributed by atoms with Gasteiger partial charge in [0, 0.05) is 16.7 Å². The first-order valence-electron chi connectivity index (χ1n) is 5.06. The maximum atomic E-state index is 10.9. The fourth-order valence-corrected chi connectivity index (χ4v) is 1.95. The van der Waals surface area contributed by atoms with Gasteiger partial charge in [-0.2, -0.15) is 5.10 Å². The van der Waals surface area contributed by atoms with E-state index in [1.807, 2.05) is 30.5 Å². The van der Waals surface area contributed by atoms with Crippen LogP contribution in [0, 0.1) is 6.92 Å². The maximum absolute atomic E-state index is 10.9. The first kappa shape index (κ1) is 11.7. The summed E-state index contributed by atoms with van der Waals surface area (Å²) >= 11 is 1.66. The Morgan fingerprint density at radius 3 is 2.47 bits per heavy atom. The van der Waals surface area contributed by atoms with E-state index in [2.05, 4.69) is 5.10 Å². The Labute approximate surface area is 103 Å². The van der Waals surface area contributed by atoms with Gasteiger partial charge in [0.2, 0.25) is 0 Å². The molecule has 1 N–H and O–H groups in total. The number of aromatic carboxylic acids is 1. The molecule has 0 atom stereocenters. The lowest BCUT2D eigenvalue weighted by Gasteiger charge is -2.01. The summed E-state index contributed by atoms with van der Waals surface area (Å²) in [6.07, 6.45) is 3.73. The lowest BCUT2D eigenvalue weighted by molar-refractivity contribution is 0.0689. The largest absolute Gasteiger partial charge is 0.476 e. The van der Waals surface area contributed by atoms with E-state index in [9.17, 15) is 4.79 Å². The topological polar surface area (TPSA) is 55.1 Å². The van der Waals surface area contributed by atoms with E-state index in [-0.39, 0.29) is 5.69 Å². The monoisotopic (exact) mass is 248 g/mol. The number of thioether (sulfide) groups is 1. The van der Waals surface area contributed by atoms with Crippen molar-refractivity contribution >= 4 is 17.7 Å². The Kier molecular flexibility index (Phi) is 3.19. The van der Waals surface area contributed by atoms with Crippen LogP contribution in [0.3, 0.4) is 0 Å². The van der Waals surface area contributed by atoms with Crippen molar-refractivity contribution in [3.05, 3.63) is 41.7 Å². The minimum absolute atomic E-state index is 0.0962. The molecule has 0 aliphatic rings. The summed E-state index contributed by atoms with van der Waals surface area (Å²) in [6, 6.07) is 7.81. The smallest absolute Gasteiger partial charge is 0.356 e. The van der Waals surface area contributed by atoms with Crippen molar-refractivity contribution in [3.8, 4) is 5.69 Å². The number of carboxylic acid groups (broad SMARTS) is 1. The highest BCUT2D eigenvalue weighted by molar-refractivity contribution is 7.98. The molecule has 0 aliphatic carbocycles. The highest BCUT2D eigenvalue weighted by Crippen LogP contribution is 2.17. The molecule has 1 aromatic carbocycles. The summed E-state index contributed by atoms with van der Waals surface area (Å²) in [7, 11) is 0. The van der Waals surface area contributed by atoms with Gasteiger partial charge >= 0.3 is 5.97 Å². The van der Waals surface area contributed by atoms with E-state index in [4.69, 9.17) is 5.11 Å². The van der Waals surface area contributed by atoms with Gasteiger partial charge in [-0.15, -0.1) is 11.8 Å². The standard InChI is InChI=1S/C12H12N2O2S/c1-8-7-14(13-11(8)12(15)16)9-3-5-10(17-2)6-4-9/h3-7H,1-2H3,(H,15,16). The number of aromatic nitrogens is 2. The molecule has 5 heteroatoms. The van der Waals surface area contributed by atoms with E-state index in [1.54, 1.807) is 29.6 Å². The first-order chi connectivity index (χ1) is 8.11. The zero-order valence-electron chi connectivity index (χ0n) is 9.54. The molecule has 0 spiro atoms. The fourth-order valence-electron chi connectivity index (χ4n) is 1.54. The first-order valence-corrected chi connectivity index (χ1v) is 6.28. The van der Waals surface area contributed by atoms with E-state index < -0.39 is 5.97 Å². The van der Waals surface area contributed by atoms with Gasteiger partial charge in [-0.3, -0.25) is 0 Å². The Balaban J connectivity index is 2.39. The van der Waals surface area contributed by atoms with Crippen molar-refractivity contribution in [3.63, 3.8) is 0 Å². The number of carbonyl (C=O) groups is 1. The highest BCUT2D eigenvalue weighted by Gasteiger charge is 2.12. The molecular formula is C12H12N2O2S. The van der Waals surface area contributed by atoms with Crippen LogP contribution in [0.25, 0.3) is 5.69 Å². The van der Waals surface area contributed by atoms with Crippen LogP contribution in [0.4, 0.5) is 0 Å². The minimum Gasteiger partial charge on any atom is -0.476 e. The average Bonchev–Trinajstić information content (AvgIpc) is 2.71. The van der Waals surface area contributed by atoms with Crippen LogP contribution in [-0.4, -0.2) is 27.1 Å². The van der Waals surface area contributed by atoms with Crippen LogP contribution in [0.5, 0.6) is 0 Å². The molecule has 0 radical (unpaired) electrons. The van der Waals surface area contributed by atoms with Gasteiger partial charge in [0.05, 0.1) is 5.69 Å². The zero-order valence-corrected chi connectivity index (χ0v) is 10.4. The molecule has 2 aromatic rings. The number of hydrogen-bond acceptors (Lipinski definition) is 3. The molecule has 17 heavy (non-hydrogen) atoms. The molecule has 4 nitrogen and oxygen atoms in total. The van der Waals surface area contributed by atoms with Crippen LogP contribution in [0.1, 0.15) is 16.1 Å². The van der Waals surface area contributed by atoms with Gasteiger partial charge in [-0.25, -0.2) is 9.48 Å². The number of benzene rings is 1. The summed E-state index contributed by atoms with van der Waals surface area (Å²) in [5.41, 5.74) is 1.61. The van der Waals surface area contributed by atoms with Crippen LogP contribution in [0.15, 0.2) is 35.4 Å². The van der Waals surface area contributed by atoms with E-state index in [0.29, 0.717) is 5.56 Å². The number of nitrogens with zero attached hydrogens (tertiary/aromatic N) is 2. The summed E-state index contributed by atoms with van der Waals surface area (Å²) < 4.78 is 1.59. The Bertz CT molecular complexity index is 546. The Hall–Kier alpha value is -1.75. The molecular weight excluding hydrogens is 236 g/mol. The van der Waals surface area contributed by atoms with E-state index >= 15 is 0 Å². The second-order valence-corrected chi connectivity index (χ2v) is 4.49.